The lowest BCUT2D eigenvalue weighted by Gasteiger charge is -2.39. The van der Waals surface area contributed by atoms with E-state index in [-0.39, 0.29) is 0 Å². The Labute approximate surface area is 102 Å². The third kappa shape index (κ3) is 3.36. The molecule has 0 aromatic carbocycles. The second-order valence-electron chi connectivity index (χ2n) is 3.37. The Morgan fingerprint density at radius 3 is 2.44 bits per heavy atom. The van der Waals surface area contributed by atoms with E-state index in [0.29, 0.717) is 5.75 Å². The van der Waals surface area contributed by atoms with Crippen LogP contribution in [0.5, 0.6) is 0 Å². The zero-order valence-corrected chi connectivity index (χ0v) is 10.2. The van der Waals surface area contributed by atoms with Crippen molar-refractivity contribution < 1.29 is 25.2 Å². The van der Waals surface area contributed by atoms with Gasteiger partial charge in [-0.15, -0.1) is 6.58 Å². The van der Waals surface area contributed by atoms with Crippen LogP contribution in [0.2, 0.25) is 0 Å². The molecule has 1 saturated heterocycles. The third-order valence-electron chi connectivity index (χ3n) is 2.20. The summed E-state index contributed by atoms with van der Waals surface area (Å²) >= 11 is 0. The lowest BCUT2D eigenvalue weighted by molar-refractivity contribution is -0.205. The summed E-state index contributed by atoms with van der Waals surface area (Å²) in [5.41, 5.74) is -0.666. The fraction of sp³-hybridized carbons (Fsp3) is 0.778. The van der Waals surface area contributed by atoms with Gasteiger partial charge in [-0.1, -0.05) is 27.7 Å². The number of aliphatic hydroxyl groups is 4. The smallest absolute Gasteiger partial charge is 0.142 e. The number of aliphatic hydroxyl groups excluding tert-OH is 4. The van der Waals surface area contributed by atoms with Crippen molar-refractivity contribution in [3.63, 3.8) is 0 Å². The van der Waals surface area contributed by atoms with E-state index in [1.54, 1.807) is 6.08 Å². The van der Waals surface area contributed by atoms with Gasteiger partial charge >= 0.3 is 0 Å². The van der Waals surface area contributed by atoms with Crippen molar-refractivity contribution in [1.29, 1.82) is 0 Å². The molecule has 1 heterocycles. The third-order valence-corrected chi connectivity index (χ3v) is 4.67. The second kappa shape index (κ2) is 6.85. The van der Waals surface area contributed by atoms with Crippen molar-refractivity contribution in [3.8, 4) is 0 Å². The van der Waals surface area contributed by atoms with Gasteiger partial charge in [-0.05, 0) is 0 Å². The summed E-state index contributed by atoms with van der Waals surface area (Å²) in [5.74, 6) is 0.680. The molecule has 0 aromatic heterocycles. The van der Waals surface area contributed by atoms with Crippen LogP contribution in [-0.4, -0.2) is 62.6 Å². The maximum atomic E-state index is 9.64. The van der Waals surface area contributed by atoms with Crippen LogP contribution in [0.3, 0.4) is 0 Å². The van der Waals surface area contributed by atoms with Crippen molar-refractivity contribution in [2.45, 2.75) is 29.9 Å². The van der Waals surface area contributed by atoms with Crippen molar-refractivity contribution in [1.82, 2.24) is 0 Å². The van der Waals surface area contributed by atoms with E-state index in [2.05, 4.69) is 6.58 Å². The standard InChI is InChI=1S/C9H16O5S2/c1-2-3-15-16-9-8(13)7(12)6(11)5(4-10)14-9/h2,5-13H,1,3-4H2/t5-,6-,7+,8-,9+/m1/s1. The second-order valence-corrected chi connectivity index (χ2v) is 5.88. The van der Waals surface area contributed by atoms with Gasteiger partial charge in [0.25, 0.3) is 0 Å². The Kier molecular flexibility index (Phi) is 6.12. The van der Waals surface area contributed by atoms with Crippen LogP contribution in [0.25, 0.3) is 0 Å². The van der Waals surface area contributed by atoms with Crippen LogP contribution in [0.15, 0.2) is 12.7 Å². The van der Waals surface area contributed by atoms with E-state index in [1.807, 2.05) is 0 Å². The zero-order valence-electron chi connectivity index (χ0n) is 8.60. The Morgan fingerprint density at radius 2 is 1.88 bits per heavy atom. The molecule has 0 aromatic rings. The number of ether oxygens (including phenoxy) is 1. The Hall–Kier alpha value is 0.240. The van der Waals surface area contributed by atoms with E-state index in [0.717, 1.165) is 0 Å². The molecule has 1 aliphatic heterocycles. The minimum absolute atomic E-state index is 0.395. The van der Waals surface area contributed by atoms with E-state index in [1.165, 1.54) is 21.6 Å². The largest absolute Gasteiger partial charge is 0.394 e. The predicted octanol–water partition coefficient (Wildman–Crippen LogP) is -0.646. The van der Waals surface area contributed by atoms with Gasteiger partial charge in [0, 0.05) is 5.75 Å². The molecule has 1 aliphatic rings. The van der Waals surface area contributed by atoms with Crippen LogP contribution in [0.4, 0.5) is 0 Å². The van der Waals surface area contributed by atoms with Gasteiger partial charge in [-0.25, -0.2) is 0 Å². The molecule has 5 atom stereocenters. The van der Waals surface area contributed by atoms with Gasteiger partial charge in [0.15, 0.2) is 0 Å². The minimum Gasteiger partial charge on any atom is -0.394 e. The first-order valence-electron chi connectivity index (χ1n) is 4.81. The summed E-state index contributed by atoms with van der Waals surface area (Å²) in [4.78, 5) is 0. The fourth-order valence-corrected chi connectivity index (χ4v) is 3.48. The normalized spacial score (nSPS) is 39.6. The molecule has 0 saturated carbocycles. The molecule has 0 spiro atoms. The van der Waals surface area contributed by atoms with E-state index < -0.39 is 36.5 Å². The van der Waals surface area contributed by atoms with Crippen LogP contribution < -0.4 is 0 Å². The monoisotopic (exact) mass is 268 g/mol. The molecular weight excluding hydrogens is 252 g/mol. The average molecular weight is 268 g/mol. The van der Waals surface area contributed by atoms with Gasteiger partial charge in [0.2, 0.25) is 0 Å². The molecule has 0 aliphatic carbocycles. The van der Waals surface area contributed by atoms with Crippen molar-refractivity contribution in [2.24, 2.45) is 0 Å². The Morgan fingerprint density at radius 1 is 1.19 bits per heavy atom. The summed E-state index contributed by atoms with van der Waals surface area (Å²) in [5, 5.41) is 37.6. The molecule has 7 heteroatoms. The molecular formula is C9H16O5S2. The number of hydrogen-bond acceptors (Lipinski definition) is 7. The highest BCUT2D eigenvalue weighted by atomic mass is 33.1. The van der Waals surface area contributed by atoms with Crippen molar-refractivity contribution in [2.75, 3.05) is 12.4 Å². The lowest BCUT2D eigenvalue weighted by Crippen LogP contribution is -2.57. The summed E-state index contributed by atoms with van der Waals surface area (Å²) < 4.78 is 5.27. The highest BCUT2D eigenvalue weighted by Gasteiger charge is 2.43. The van der Waals surface area contributed by atoms with Gasteiger partial charge in [-0.3, -0.25) is 0 Å². The molecule has 4 N–H and O–H groups in total. The number of hydrogen-bond donors (Lipinski definition) is 4. The van der Waals surface area contributed by atoms with Gasteiger partial charge < -0.3 is 25.2 Å². The first-order valence-corrected chi connectivity index (χ1v) is 7.19. The zero-order chi connectivity index (χ0) is 12.1. The van der Waals surface area contributed by atoms with Crippen molar-refractivity contribution in [3.05, 3.63) is 12.7 Å². The highest BCUT2D eigenvalue weighted by molar-refractivity contribution is 8.76. The van der Waals surface area contributed by atoms with Crippen molar-refractivity contribution >= 4 is 21.6 Å². The molecule has 1 rings (SSSR count). The minimum atomic E-state index is -1.30. The van der Waals surface area contributed by atoms with Crippen LogP contribution in [-0.2, 0) is 4.74 Å². The molecule has 94 valence electrons. The molecule has 0 radical (unpaired) electrons. The SMILES string of the molecule is C=CCSS[C@@H]1O[C@H](CO)[C@@H](O)[C@H](O)[C@H]1O. The molecule has 0 bridgehead atoms. The van der Waals surface area contributed by atoms with Gasteiger partial charge in [0.1, 0.15) is 29.9 Å². The lowest BCUT2D eigenvalue weighted by atomic mass is 10.0. The van der Waals surface area contributed by atoms with E-state index in [9.17, 15) is 15.3 Å². The summed E-state index contributed by atoms with van der Waals surface area (Å²) in [6, 6.07) is 0. The molecule has 5 nitrogen and oxygen atoms in total. The van der Waals surface area contributed by atoms with Crippen LogP contribution in [0.1, 0.15) is 0 Å². The Bertz CT molecular complexity index is 226. The van der Waals surface area contributed by atoms with E-state index in [4.69, 9.17) is 9.84 Å². The molecule has 16 heavy (non-hydrogen) atoms. The summed E-state index contributed by atoms with van der Waals surface area (Å²) in [7, 11) is 2.66. The average Bonchev–Trinajstić information content (AvgIpc) is 2.29. The first-order chi connectivity index (χ1) is 7.61. The van der Waals surface area contributed by atoms with Gasteiger partial charge in [0.05, 0.1) is 6.61 Å². The maximum absolute atomic E-state index is 9.64. The quantitative estimate of drug-likeness (QED) is 0.299. The molecule has 0 amide bonds. The topological polar surface area (TPSA) is 90.2 Å². The molecule has 0 unspecified atom stereocenters. The summed E-state index contributed by atoms with van der Waals surface area (Å²) in [6.45, 7) is 3.16. The Balaban J connectivity index is 2.53. The maximum Gasteiger partial charge on any atom is 0.142 e. The predicted molar refractivity (Wildman–Crippen MR) is 64.0 cm³/mol. The number of rotatable bonds is 5. The summed E-state index contributed by atoms with van der Waals surface area (Å²) in [6.07, 6.45) is -2.88. The van der Waals surface area contributed by atoms with E-state index >= 15 is 0 Å². The van der Waals surface area contributed by atoms with Gasteiger partial charge in [-0.2, -0.15) is 0 Å². The molecule has 1 fully saturated rings. The van der Waals surface area contributed by atoms with Crippen LogP contribution in [0, 0.1) is 0 Å². The first kappa shape index (κ1) is 14.3. The van der Waals surface area contributed by atoms with Crippen LogP contribution >= 0.6 is 21.6 Å². The fourth-order valence-electron chi connectivity index (χ4n) is 1.30. The highest BCUT2D eigenvalue weighted by Crippen LogP contribution is 2.35.